The van der Waals surface area contributed by atoms with Gasteiger partial charge >= 0.3 is 0 Å². The van der Waals surface area contributed by atoms with Crippen LogP contribution in [0.4, 0.5) is 5.13 Å². The Balaban J connectivity index is 1.25. The average Bonchev–Trinajstić information content (AvgIpc) is 3.12. The summed E-state index contributed by atoms with van der Waals surface area (Å²) in [5.74, 6) is -0.172. The maximum absolute atomic E-state index is 12.3. The van der Waals surface area contributed by atoms with E-state index in [-0.39, 0.29) is 5.91 Å². The summed E-state index contributed by atoms with van der Waals surface area (Å²) in [6.07, 6.45) is 0. The van der Waals surface area contributed by atoms with E-state index in [1.807, 2.05) is 12.1 Å². The van der Waals surface area contributed by atoms with E-state index in [0.717, 1.165) is 43.4 Å². The number of aromatic nitrogens is 1. The number of carbonyl (C=O) groups excluding carboxylic acids is 1. The number of rotatable bonds is 5. The van der Waals surface area contributed by atoms with Crippen molar-refractivity contribution < 1.29 is 4.79 Å². The normalized spacial score (nSPS) is 15.1. The third-order valence-electron chi connectivity index (χ3n) is 4.81. The van der Waals surface area contributed by atoms with Crippen molar-refractivity contribution in [2.45, 2.75) is 0 Å². The van der Waals surface area contributed by atoms with Crippen molar-refractivity contribution in [3.63, 3.8) is 0 Å². The predicted molar refractivity (Wildman–Crippen MR) is 117 cm³/mol. The van der Waals surface area contributed by atoms with Gasteiger partial charge in [0.05, 0.1) is 20.8 Å². The minimum absolute atomic E-state index is 0.172. The molecular formula is C20H20Cl2N4OS. The van der Waals surface area contributed by atoms with Gasteiger partial charge in [0.2, 0.25) is 0 Å². The number of para-hydroxylation sites is 1. The lowest BCUT2D eigenvalue weighted by molar-refractivity contribution is 0.0948. The van der Waals surface area contributed by atoms with Crippen LogP contribution in [-0.2, 0) is 0 Å². The Hall–Kier alpha value is -1.86. The second kappa shape index (κ2) is 8.66. The van der Waals surface area contributed by atoms with Crippen LogP contribution in [0.1, 0.15) is 10.4 Å². The molecule has 3 aromatic rings. The van der Waals surface area contributed by atoms with E-state index in [2.05, 4.69) is 27.2 Å². The third kappa shape index (κ3) is 4.41. The van der Waals surface area contributed by atoms with Crippen molar-refractivity contribution in [1.29, 1.82) is 0 Å². The minimum atomic E-state index is -0.172. The standard InChI is InChI=1S/C20H20Cl2N4OS/c21-14-5-6-15(16(22)13-14)19(27)23-7-8-25-9-11-26(12-10-25)20-24-17-3-1-2-4-18(17)28-20/h1-6,13H,7-12H2,(H,23,27). The van der Waals surface area contributed by atoms with Gasteiger partial charge in [-0.05, 0) is 30.3 Å². The number of halogens is 2. The molecule has 0 aliphatic carbocycles. The molecule has 1 amide bonds. The van der Waals surface area contributed by atoms with Crippen molar-refractivity contribution >= 4 is 55.8 Å². The lowest BCUT2D eigenvalue weighted by atomic mass is 10.2. The van der Waals surface area contributed by atoms with Gasteiger partial charge in [0, 0.05) is 44.3 Å². The fraction of sp³-hybridized carbons (Fsp3) is 0.300. The number of hydrogen-bond donors (Lipinski definition) is 1. The number of nitrogens with one attached hydrogen (secondary N) is 1. The summed E-state index contributed by atoms with van der Waals surface area (Å²) in [6, 6.07) is 13.1. The van der Waals surface area contributed by atoms with E-state index in [1.54, 1.807) is 29.5 Å². The summed E-state index contributed by atoms with van der Waals surface area (Å²) in [5, 5.41) is 4.92. The Morgan fingerprint density at radius 2 is 1.89 bits per heavy atom. The second-order valence-corrected chi connectivity index (χ2v) is 8.53. The fourth-order valence-electron chi connectivity index (χ4n) is 3.25. The zero-order chi connectivity index (χ0) is 19.5. The lowest BCUT2D eigenvalue weighted by Gasteiger charge is -2.34. The van der Waals surface area contributed by atoms with Crippen LogP contribution in [0.5, 0.6) is 0 Å². The van der Waals surface area contributed by atoms with Gasteiger partial charge in [-0.25, -0.2) is 4.98 Å². The number of carbonyl (C=O) groups is 1. The number of hydrogen-bond acceptors (Lipinski definition) is 5. The van der Waals surface area contributed by atoms with Crippen molar-refractivity contribution in [1.82, 2.24) is 15.2 Å². The van der Waals surface area contributed by atoms with E-state index >= 15 is 0 Å². The second-order valence-electron chi connectivity index (χ2n) is 6.67. The topological polar surface area (TPSA) is 48.5 Å². The first kappa shape index (κ1) is 19.5. The smallest absolute Gasteiger partial charge is 0.252 e. The van der Waals surface area contributed by atoms with Crippen molar-refractivity contribution in [2.24, 2.45) is 0 Å². The summed E-state index contributed by atoms with van der Waals surface area (Å²) in [7, 11) is 0. The third-order valence-corrected chi connectivity index (χ3v) is 6.46. The summed E-state index contributed by atoms with van der Waals surface area (Å²) in [5.41, 5.74) is 1.51. The Kier molecular flexibility index (Phi) is 6.01. The van der Waals surface area contributed by atoms with Crippen LogP contribution < -0.4 is 10.2 Å². The molecule has 1 fully saturated rings. The van der Waals surface area contributed by atoms with Crippen LogP contribution in [-0.4, -0.2) is 55.1 Å². The van der Waals surface area contributed by atoms with Gasteiger partial charge in [0.1, 0.15) is 0 Å². The fourth-order valence-corrected chi connectivity index (χ4v) is 4.77. The average molecular weight is 435 g/mol. The Labute approximate surface area is 177 Å². The van der Waals surface area contributed by atoms with Crippen LogP contribution in [0, 0.1) is 0 Å². The minimum Gasteiger partial charge on any atom is -0.351 e. The highest BCUT2D eigenvalue weighted by Gasteiger charge is 2.20. The number of piperazine rings is 1. The number of amides is 1. The van der Waals surface area contributed by atoms with Gasteiger partial charge in [0.15, 0.2) is 5.13 Å². The molecule has 4 rings (SSSR count). The largest absolute Gasteiger partial charge is 0.351 e. The SMILES string of the molecule is O=C(NCCN1CCN(c2nc3ccccc3s2)CC1)c1ccc(Cl)cc1Cl. The molecule has 2 heterocycles. The van der Waals surface area contributed by atoms with Gasteiger partial charge in [-0.1, -0.05) is 46.7 Å². The molecule has 8 heteroatoms. The van der Waals surface area contributed by atoms with Gasteiger partial charge < -0.3 is 10.2 Å². The molecule has 1 saturated heterocycles. The summed E-state index contributed by atoms with van der Waals surface area (Å²) >= 11 is 13.7. The molecule has 1 N–H and O–H groups in total. The molecule has 1 aliphatic heterocycles. The quantitative estimate of drug-likeness (QED) is 0.654. The highest BCUT2D eigenvalue weighted by molar-refractivity contribution is 7.22. The molecular weight excluding hydrogens is 415 g/mol. The van der Waals surface area contributed by atoms with Crippen LogP contribution in [0.15, 0.2) is 42.5 Å². The first-order valence-corrected chi connectivity index (χ1v) is 10.7. The number of thiazole rings is 1. The highest BCUT2D eigenvalue weighted by atomic mass is 35.5. The van der Waals surface area contributed by atoms with Crippen LogP contribution in [0.2, 0.25) is 10.0 Å². The van der Waals surface area contributed by atoms with E-state index in [1.165, 1.54) is 4.70 Å². The molecule has 2 aromatic carbocycles. The van der Waals surface area contributed by atoms with Gasteiger partial charge in [-0.3, -0.25) is 9.69 Å². The number of benzene rings is 2. The van der Waals surface area contributed by atoms with Crippen molar-refractivity contribution in [3.8, 4) is 0 Å². The summed E-state index contributed by atoms with van der Waals surface area (Å²) in [6.45, 7) is 5.18. The van der Waals surface area contributed by atoms with Crippen molar-refractivity contribution in [2.75, 3.05) is 44.2 Å². The predicted octanol–water partition coefficient (Wildman–Crippen LogP) is 4.16. The molecule has 146 valence electrons. The van der Waals surface area contributed by atoms with Gasteiger partial charge in [-0.2, -0.15) is 0 Å². The molecule has 0 spiro atoms. The van der Waals surface area contributed by atoms with E-state index < -0.39 is 0 Å². The molecule has 0 saturated carbocycles. The maximum Gasteiger partial charge on any atom is 0.252 e. The Bertz CT molecular complexity index is 952. The van der Waals surface area contributed by atoms with Crippen LogP contribution >= 0.6 is 34.5 Å². The van der Waals surface area contributed by atoms with Crippen LogP contribution in [0.25, 0.3) is 10.2 Å². The molecule has 0 bridgehead atoms. The monoisotopic (exact) mass is 434 g/mol. The van der Waals surface area contributed by atoms with Gasteiger partial charge in [0.25, 0.3) is 5.91 Å². The van der Waals surface area contributed by atoms with Gasteiger partial charge in [-0.15, -0.1) is 0 Å². The molecule has 28 heavy (non-hydrogen) atoms. The lowest BCUT2D eigenvalue weighted by Crippen LogP contribution is -2.48. The molecule has 0 radical (unpaired) electrons. The number of nitrogens with zero attached hydrogens (tertiary/aromatic N) is 3. The number of fused-ring (bicyclic) bond motifs is 1. The van der Waals surface area contributed by atoms with Crippen LogP contribution in [0.3, 0.4) is 0 Å². The highest BCUT2D eigenvalue weighted by Crippen LogP contribution is 2.29. The number of anilines is 1. The van der Waals surface area contributed by atoms with Crippen molar-refractivity contribution in [3.05, 3.63) is 58.1 Å². The molecule has 1 aromatic heterocycles. The van der Waals surface area contributed by atoms with E-state index in [9.17, 15) is 4.79 Å². The molecule has 1 aliphatic rings. The molecule has 0 atom stereocenters. The first-order chi connectivity index (χ1) is 13.6. The Morgan fingerprint density at radius 3 is 2.64 bits per heavy atom. The zero-order valence-corrected chi connectivity index (χ0v) is 17.5. The summed E-state index contributed by atoms with van der Waals surface area (Å²) < 4.78 is 1.23. The summed E-state index contributed by atoms with van der Waals surface area (Å²) in [4.78, 5) is 21.7. The maximum atomic E-state index is 12.3. The van der Waals surface area contributed by atoms with E-state index in [0.29, 0.717) is 22.2 Å². The zero-order valence-electron chi connectivity index (χ0n) is 15.2. The molecule has 5 nitrogen and oxygen atoms in total. The van der Waals surface area contributed by atoms with E-state index in [4.69, 9.17) is 28.2 Å². The first-order valence-electron chi connectivity index (χ1n) is 9.16. The Morgan fingerprint density at radius 1 is 1.11 bits per heavy atom. The molecule has 0 unspecified atom stereocenters.